The van der Waals surface area contributed by atoms with Crippen LogP contribution >= 0.6 is 0 Å². The fraction of sp³-hybridized carbons (Fsp3) is 0.400. The van der Waals surface area contributed by atoms with Crippen LogP contribution in [-0.4, -0.2) is 43.0 Å². The predicted octanol–water partition coefficient (Wildman–Crippen LogP) is 0.676. The summed E-state index contributed by atoms with van der Waals surface area (Å²) in [6.45, 7) is 1.36. The van der Waals surface area contributed by atoms with Gasteiger partial charge in [-0.2, -0.15) is 5.26 Å². The lowest BCUT2D eigenvalue weighted by molar-refractivity contribution is -0.132. The summed E-state index contributed by atoms with van der Waals surface area (Å²) in [5.74, 6) is 0.0345. The van der Waals surface area contributed by atoms with Crippen LogP contribution < -0.4 is 10.1 Å². The van der Waals surface area contributed by atoms with Crippen LogP contribution in [0.3, 0.4) is 0 Å². The highest BCUT2D eigenvalue weighted by molar-refractivity contribution is 5.85. The molecule has 0 spiro atoms. The monoisotopic (exact) mass is 287 g/mol. The molecule has 0 bridgehead atoms. The molecule has 2 amide bonds. The Morgan fingerprint density at radius 3 is 2.81 bits per heavy atom. The van der Waals surface area contributed by atoms with E-state index in [9.17, 15) is 9.59 Å². The summed E-state index contributed by atoms with van der Waals surface area (Å²) >= 11 is 0. The predicted molar refractivity (Wildman–Crippen MR) is 75.5 cm³/mol. The number of nitriles is 1. The number of likely N-dealkylation sites (tertiary alicyclic amines) is 1. The molecule has 0 saturated carbocycles. The summed E-state index contributed by atoms with van der Waals surface area (Å²) in [4.78, 5) is 25.1. The van der Waals surface area contributed by atoms with Gasteiger partial charge in [0, 0.05) is 13.1 Å². The van der Waals surface area contributed by atoms with Gasteiger partial charge in [0.15, 0.2) is 6.61 Å². The highest BCUT2D eigenvalue weighted by Crippen LogP contribution is 2.12. The molecule has 6 nitrogen and oxygen atoms in total. The van der Waals surface area contributed by atoms with Crippen molar-refractivity contribution in [3.05, 3.63) is 29.8 Å². The van der Waals surface area contributed by atoms with Crippen LogP contribution in [-0.2, 0) is 9.59 Å². The van der Waals surface area contributed by atoms with Crippen LogP contribution in [0.1, 0.15) is 18.4 Å². The number of benzene rings is 1. The SMILES string of the molecule is N#Cc1cccc(OCC(=O)NCC(=O)N2CCCC2)c1. The third-order valence-electron chi connectivity index (χ3n) is 3.23. The summed E-state index contributed by atoms with van der Waals surface area (Å²) in [5.41, 5.74) is 0.470. The maximum Gasteiger partial charge on any atom is 0.258 e. The number of nitrogens with zero attached hydrogens (tertiary/aromatic N) is 2. The maximum atomic E-state index is 11.7. The molecule has 2 rings (SSSR count). The first-order valence-electron chi connectivity index (χ1n) is 6.86. The Morgan fingerprint density at radius 1 is 1.33 bits per heavy atom. The van der Waals surface area contributed by atoms with E-state index in [0.717, 1.165) is 25.9 Å². The number of hydrogen-bond acceptors (Lipinski definition) is 4. The third kappa shape index (κ3) is 4.49. The zero-order valence-corrected chi connectivity index (χ0v) is 11.7. The molecule has 21 heavy (non-hydrogen) atoms. The lowest BCUT2D eigenvalue weighted by Crippen LogP contribution is -2.40. The molecule has 1 saturated heterocycles. The van der Waals surface area contributed by atoms with Crippen molar-refractivity contribution in [3.63, 3.8) is 0 Å². The minimum atomic E-state index is -0.357. The lowest BCUT2D eigenvalue weighted by Gasteiger charge is -2.15. The molecule has 110 valence electrons. The Hall–Kier alpha value is -2.55. The van der Waals surface area contributed by atoms with E-state index in [1.54, 1.807) is 29.2 Å². The average molecular weight is 287 g/mol. The fourth-order valence-corrected chi connectivity index (χ4v) is 2.11. The van der Waals surface area contributed by atoms with Gasteiger partial charge in [0.1, 0.15) is 5.75 Å². The Bertz CT molecular complexity index is 560. The second-order valence-electron chi connectivity index (χ2n) is 4.79. The topological polar surface area (TPSA) is 82.4 Å². The van der Waals surface area contributed by atoms with Crippen LogP contribution in [0, 0.1) is 11.3 Å². The first-order valence-corrected chi connectivity index (χ1v) is 6.86. The molecule has 1 aromatic carbocycles. The normalized spacial score (nSPS) is 13.6. The first kappa shape index (κ1) is 14.9. The minimum Gasteiger partial charge on any atom is -0.484 e. The van der Waals surface area contributed by atoms with Crippen LogP contribution in [0.2, 0.25) is 0 Å². The van der Waals surface area contributed by atoms with Crippen molar-refractivity contribution in [1.29, 1.82) is 5.26 Å². The van der Waals surface area contributed by atoms with Crippen molar-refractivity contribution in [1.82, 2.24) is 10.2 Å². The molecule has 1 fully saturated rings. The molecular formula is C15H17N3O3. The van der Waals surface area contributed by atoms with Crippen molar-refractivity contribution >= 4 is 11.8 Å². The molecule has 0 radical (unpaired) electrons. The van der Waals surface area contributed by atoms with Gasteiger partial charge in [-0.25, -0.2) is 0 Å². The van der Waals surface area contributed by atoms with Gasteiger partial charge in [0.05, 0.1) is 18.2 Å². The van der Waals surface area contributed by atoms with Crippen LogP contribution in [0.15, 0.2) is 24.3 Å². The van der Waals surface area contributed by atoms with Crippen molar-refractivity contribution in [2.24, 2.45) is 0 Å². The van der Waals surface area contributed by atoms with Crippen LogP contribution in [0.5, 0.6) is 5.75 Å². The van der Waals surface area contributed by atoms with E-state index in [4.69, 9.17) is 10.00 Å². The standard InChI is InChI=1S/C15H17N3O3/c16-9-12-4-3-5-13(8-12)21-11-14(19)17-10-15(20)18-6-1-2-7-18/h3-5,8H,1-2,6-7,10-11H2,(H,17,19). The van der Waals surface area contributed by atoms with Gasteiger partial charge in [-0.15, -0.1) is 0 Å². The zero-order valence-electron chi connectivity index (χ0n) is 11.7. The molecule has 6 heteroatoms. The number of rotatable bonds is 5. The van der Waals surface area contributed by atoms with Gasteiger partial charge in [0.25, 0.3) is 5.91 Å². The van der Waals surface area contributed by atoms with Gasteiger partial charge in [-0.1, -0.05) is 6.07 Å². The zero-order chi connectivity index (χ0) is 15.1. The number of nitrogens with one attached hydrogen (secondary N) is 1. The van der Waals surface area contributed by atoms with Crippen molar-refractivity contribution in [3.8, 4) is 11.8 Å². The van der Waals surface area contributed by atoms with E-state index in [0.29, 0.717) is 11.3 Å². The van der Waals surface area contributed by atoms with E-state index in [1.807, 2.05) is 6.07 Å². The largest absolute Gasteiger partial charge is 0.484 e. The van der Waals surface area contributed by atoms with Crippen LogP contribution in [0.25, 0.3) is 0 Å². The van der Waals surface area contributed by atoms with Crippen molar-refractivity contribution in [2.45, 2.75) is 12.8 Å². The van der Waals surface area contributed by atoms with E-state index >= 15 is 0 Å². The molecular weight excluding hydrogens is 270 g/mol. The summed E-state index contributed by atoms with van der Waals surface area (Å²) in [6.07, 6.45) is 2.05. The Morgan fingerprint density at radius 2 is 2.10 bits per heavy atom. The number of hydrogen-bond donors (Lipinski definition) is 1. The molecule has 1 heterocycles. The minimum absolute atomic E-state index is 0.000425. The number of ether oxygens (including phenoxy) is 1. The smallest absolute Gasteiger partial charge is 0.258 e. The van der Waals surface area contributed by atoms with E-state index < -0.39 is 0 Å². The highest BCUT2D eigenvalue weighted by Gasteiger charge is 2.18. The second-order valence-corrected chi connectivity index (χ2v) is 4.79. The van der Waals surface area contributed by atoms with Crippen molar-refractivity contribution in [2.75, 3.05) is 26.2 Å². The van der Waals surface area contributed by atoms with Gasteiger partial charge >= 0.3 is 0 Å². The van der Waals surface area contributed by atoms with E-state index in [2.05, 4.69) is 5.32 Å². The molecule has 1 aromatic rings. The van der Waals surface area contributed by atoms with Crippen molar-refractivity contribution < 1.29 is 14.3 Å². The molecule has 0 aliphatic carbocycles. The molecule has 1 N–H and O–H groups in total. The molecule has 1 aliphatic heterocycles. The number of amides is 2. The molecule has 0 aromatic heterocycles. The molecule has 1 aliphatic rings. The summed E-state index contributed by atoms with van der Waals surface area (Å²) in [7, 11) is 0. The molecule has 0 unspecified atom stereocenters. The highest BCUT2D eigenvalue weighted by atomic mass is 16.5. The maximum absolute atomic E-state index is 11.7. The molecule has 0 atom stereocenters. The van der Waals surface area contributed by atoms with E-state index in [1.165, 1.54) is 0 Å². The van der Waals surface area contributed by atoms with Gasteiger partial charge < -0.3 is 15.0 Å². The third-order valence-corrected chi connectivity index (χ3v) is 3.23. The second kappa shape index (κ2) is 7.29. The van der Waals surface area contributed by atoms with Crippen LogP contribution in [0.4, 0.5) is 0 Å². The van der Waals surface area contributed by atoms with Gasteiger partial charge in [-0.05, 0) is 31.0 Å². The number of carbonyl (C=O) groups is 2. The Balaban J connectivity index is 1.72. The number of carbonyl (C=O) groups excluding carboxylic acids is 2. The van der Waals surface area contributed by atoms with Gasteiger partial charge in [-0.3, -0.25) is 9.59 Å². The first-order chi connectivity index (χ1) is 10.2. The van der Waals surface area contributed by atoms with Gasteiger partial charge in [0.2, 0.25) is 5.91 Å². The lowest BCUT2D eigenvalue weighted by atomic mass is 10.2. The quantitative estimate of drug-likeness (QED) is 0.863. The average Bonchev–Trinajstić information content (AvgIpc) is 3.05. The summed E-state index contributed by atoms with van der Waals surface area (Å²) < 4.78 is 5.28. The summed E-state index contributed by atoms with van der Waals surface area (Å²) in [6, 6.07) is 8.56. The Labute approximate surface area is 123 Å². The summed E-state index contributed by atoms with van der Waals surface area (Å²) in [5, 5.41) is 11.3. The van der Waals surface area contributed by atoms with E-state index in [-0.39, 0.29) is 25.0 Å². The fourth-order valence-electron chi connectivity index (χ4n) is 2.11. The Kier molecular flexibility index (Phi) is 5.16.